The van der Waals surface area contributed by atoms with Gasteiger partial charge in [-0.2, -0.15) is 0 Å². The molecule has 0 fully saturated rings. The van der Waals surface area contributed by atoms with E-state index in [0.29, 0.717) is 0 Å². The van der Waals surface area contributed by atoms with Crippen LogP contribution in [0.3, 0.4) is 0 Å². The number of hydrogen-bond donors (Lipinski definition) is 1. The summed E-state index contributed by atoms with van der Waals surface area (Å²) in [6, 6.07) is 11.3. The maximum absolute atomic E-state index is 13.9. The molecule has 138 valence electrons. The lowest BCUT2D eigenvalue weighted by Gasteiger charge is -2.13. The van der Waals surface area contributed by atoms with Gasteiger partial charge in [0, 0.05) is 17.3 Å². The summed E-state index contributed by atoms with van der Waals surface area (Å²) >= 11 is 0. The number of rotatable bonds is 4. The molecular weight excluding hydrogens is 345 g/mol. The topological polar surface area (TPSA) is 64.0 Å². The van der Waals surface area contributed by atoms with Gasteiger partial charge in [-0.3, -0.25) is 14.2 Å². The van der Waals surface area contributed by atoms with E-state index in [1.807, 2.05) is 32.9 Å². The van der Waals surface area contributed by atoms with Crippen molar-refractivity contribution >= 4 is 11.6 Å². The van der Waals surface area contributed by atoms with E-state index in [9.17, 15) is 14.0 Å². The zero-order valence-electron chi connectivity index (χ0n) is 15.4. The Morgan fingerprint density at radius 2 is 1.78 bits per heavy atom. The molecule has 1 amide bonds. The van der Waals surface area contributed by atoms with Crippen LogP contribution in [0.4, 0.5) is 10.1 Å². The molecule has 2 aromatic carbocycles. The number of carbonyl (C=O) groups is 1. The van der Waals surface area contributed by atoms with Gasteiger partial charge in [0.1, 0.15) is 12.4 Å². The van der Waals surface area contributed by atoms with Crippen molar-refractivity contribution in [3.8, 4) is 11.3 Å². The molecule has 0 radical (unpaired) electrons. The Morgan fingerprint density at radius 3 is 2.41 bits per heavy atom. The van der Waals surface area contributed by atoms with Gasteiger partial charge in [-0.25, -0.2) is 9.37 Å². The summed E-state index contributed by atoms with van der Waals surface area (Å²) in [6.45, 7) is 5.67. The van der Waals surface area contributed by atoms with Gasteiger partial charge in [-0.05, 0) is 44.0 Å². The third kappa shape index (κ3) is 4.11. The Kier molecular flexibility index (Phi) is 5.16. The second kappa shape index (κ2) is 7.53. The molecule has 0 aliphatic heterocycles. The van der Waals surface area contributed by atoms with Crippen LogP contribution in [-0.2, 0) is 11.3 Å². The number of hydrogen-bond acceptors (Lipinski definition) is 3. The Bertz CT molecular complexity index is 1050. The minimum atomic E-state index is -0.454. The summed E-state index contributed by atoms with van der Waals surface area (Å²) in [5.74, 6) is -0.780. The van der Waals surface area contributed by atoms with Crippen molar-refractivity contribution in [1.29, 1.82) is 0 Å². The largest absolute Gasteiger partial charge is 0.324 e. The van der Waals surface area contributed by atoms with Crippen molar-refractivity contribution < 1.29 is 9.18 Å². The molecule has 0 saturated carbocycles. The summed E-state index contributed by atoms with van der Waals surface area (Å²) in [5.41, 5.74) is 3.84. The van der Waals surface area contributed by atoms with Crippen molar-refractivity contribution in [2.45, 2.75) is 27.3 Å². The average Bonchev–Trinajstić information content (AvgIpc) is 2.60. The highest BCUT2D eigenvalue weighted by Gasteiger charge is 2.12. The Morgan fingerprint density at radius 1 is 1.11 bits per heavy atom. The fourth-order valence-electron chi connectivity index (χ4n) is 3.07. The minimum Gasteiger partial charge on any atom is -0.324 e. The van der Waals surface area contributed by atoms with E-state index in [2.05, 4.69) is 10.3 Å². The van der Waals surface area contributed by atoms with Crippen LogP contribution in [0.15, 0.2) is 53.6 Å². The van der Waals surface area contributed by atoms with Gasteiger partial charge in [-0.1, -0.05) is 29.8 Å². The van der Waals surface area contributed by atoms with Gasteiger partial charge >= 0.3 is 0 Å². The summed E-state index contributed by atoms with van der Waals surface area (Å²) in [5, 5.41) is 2.85. The second-order valence-electron chi connectivity index (χ2n) is 6.54. The first kappa shape index (κ1) is 18.5. The van der Waals surface area contributed by atoms with Crippen LogP contribution in [0, 0.1) is 26.6 Å². The van der Waals surface area contributed by atoms with Crippen LogP contribution in [0.5, 0.6) is 0 Å². The highest BCUT2D eigenvalue weighted by molar-refractivity contribution is 5.92. The molecule has 6 heteroatoms. The molecule has 0 aliphatic rings. The lowest BCUT2D eigenvalue weighted by atomic mass is 10.1. The molecule has 0 spiro atoms. The summed E-state index contributed by atoms with van der Waals surface area (Å²) < 4.78 is 15.0. The van der Waals surface area contributed by atoms with Crippen LogP contribution in [0.2, 0.25) is 0 Å². The van der Waals surface area contributed by atoms with Gasteiger partial charge in [0.2, 0.25) is 5.91 Å². The molecule has 1 N–H and O–H groups in total. The SMILES string of the molecule is Cc1cc(C)c(NC(=O)Cn2cnc(-c3ccccc3F)cc2=O)c(C)c1. The van der Waals surface area contributed by atoms with E-state index in [0.717, 1.165) is 22.4 Å². The van der Waals surface area contributed by atoms with Crippen LogP contribution in [0.1, 0.15) is 16.7 Å². The fourth-order valence-corrected chi connectivity index (χ4v) is 3.07. The number of nitrogens with one attached hydrogen (secondary N) is 1. The quantitative estimate of drug-likeness (QED) is 0.768. The van der Waals surface area contributed by atoms with E-state index < -0.39 is 11.4 Å². The maximum atomic E-state index is 13.9. The zero-order valence-corrected chi connectivity index (χ0v) is 15.4. The summed E-state index contributed by atoms with van der Waals surface area (Å²) in [7, 11) is 0. The smallest absolute Gasteiger partial charge is 0.254 e. The van der Waals surface area contributed by atoms with E-state index in [-0.39, 0.29) is 23.7 Å². The molecule has 5 nitrogen and oxygen atoms in total. The molecule has 0 saturated heterocycles. The molecule has 0 bridgehead atoms. The van der Waals surface area contributed by atoms with Crippen molar-refractivity contribution in [3.63, 3.8) is 0 Å². The second-order valence-corrected chi connectivity index (χ2v) is 6.54. The van der Waals surface area contributed by atoms with Gasteiger partial charge in [-0.15, -0.1) is 0 Å². The minimum absolute atomic E-state index is 0.170. The van der Waals surface area contributed by atoms with Gasteiger partial charge < -0.3 is 5.32 Å². The number of nitrogens with zero attached hydrogens (tertiary/aromatic N) is 2. The molecule has 0 aliphatic carbocycles. The predicted octanol–water partition coefficient (Wildman–Crippen LogP) is 3.61. The number of benzene rings is 2. The summed E-state index contributed by atoms with van der Waals surface area (Å²) in [6.07, 6.45) is 1.26. The lowest BCUT2D eigenvalue weighted by Crippen LogP contribution is -2.28. The number of carbonyl (C=O) groups excluding carboxylic acids is 1. The van der Waals surface area contributed by atoms with Crippen LogP contribution in [-0.4, -0.2) is 15.5 Å². The zero-order chi connectivity index (χ0) is 19.6. The maximum Gasteiger partial charge on any atom is 0.254 e. The lowest BCUT2D eigenvalue weighted by molar-refractivity contribution is -0.116. The number of anilines is 1. The van der Waals surface area contributed by atoms with Crippen molar-refractivity contribution in [1.82, 2.24) is 9.55 Å². The molecule has 27 heavy (non-hydrogen) atoms. The van der Waals surface area contributed by atoms with Gasteiger partial charge in [0.25, 0.3) is 5.56 Å². The van der Waals surface area contributed by atoms with Crippen molar-refractivity contribution in [2.75, 3.05) is 5.32 Å². The van der Waals surface area contributed by atoms with Crippen LogP contribution in [0.25, 0.3) is 11.3 Å². The third-order valence-electron chi connectivity index (χ3n) is 4.28. The first-order valence-corrected chi connectivity index (χ1v) is 8.54. The Labute approximate surface area is 156 Å². The van der Waals surface area contributed by atoms with E-state index in [4.69, 9.17) is 0 Å². The molecule has 1 heterocycles. The normalized spacial score (nSPS) is 10.7. The molecule has 3 aromatic rings. The Balaban J connectivity index is 1.80. The molecule has 0 atom stereocenters. The van der Waals surface area contributed by atoms with Gasteiger partial charge in [0.15, 0.2) is 0 Å². The monoisotopic (exact) mass is 365 g/mol. The van der Waals surface area contributed by atoms with Crippen molar-refractivity contribution in [2.24, 2.45) is 0 Å². The Hall–Kier alpha value is -3.28. The van der Waals surface area contributed by atoms with E-state index in [1.54, 1.807) is 18.2 Å². The molecular formula is C21H20FN3O2. The predicted molar refractivity (Wildman–Crippen MR) is 103 cm³/mol. The van der Waals surface area contributed by atoms with Crippen molar-refractivity contribution in [3.05, 3.63) is 81.7 Å². The first-order chi connectivity index (χ1) is 12.8. The molecule has 1 aromatic heterocycles. The fraction of sp³-hybridized carbons (Fsp3) is 0.190. The van der Waals surface area contributed by atoms with Crippen LogP contribution < -0.4 is 10.9 Å². The highest BCUT2D eigenvalue weighted by atomic mass is 19.1. The molecule has 0 unspecified atom stereocenters. The number of amides is 1. The summed E-state index contributed by atoms with van der Waals surface area (Å²) in [4.78, 5) is 28.8. The average molecular weight is 365 g/mol. The standard InChI is InChI=1S/C21H20FN3O2/c1-13-8-14(2)21(15(3)9-13)24-19(26)11-25-12-23-18(10-20(25)27)16-6-4-5-7-17(16)22/h4-10,12H,11H2,1-3H3,(H,24,26). The van der Waals surface area contributed by atoms with Crippen LogP contribution >= 0.6 is 0 Å². The van der Waals surface area contributed by atoms with E-state index in [1.165, 1.54) is 23.0 Å². The molecule has 3 rings (SSSR count). The number of aryl methyl sites for hydroxylation is 3. The third-order valence-corrected chi connectivity index (χ3v) is 4.28. The number of aromatic nitrogens is 2. The number of halogens is 1. The first-order valence-electron chi connectivity index (χ1n) is 8.54. The van der Waals surface area contributed by atoms with Gasteiger partial charge in [0.05, 0.1) is 12.0 Å². The highest BCUT2D eigenvalue weighted by Crippen LogP contribution is 2.22. The van der Waals surface area contributed by atoms with E-state index >= 15 is 0 Å².